The van der Waals surface area contributed by atoms with E-state index in [0.717, 1.165) is 5.56 Å². The zero-order valence-corrected chi connectivity index (χ0v) is 11.4. The minimum Gasteiger partial charge on any atom is -0.381 e. The number of nitrogens with one attached hydrogen (secondary N) is 1. The summed E-state index contributed by atoms with van der Waals surface area (Å²) in [5.74, 6) is 0. The van der Waals surface area contributed by atoms with Gasteiger partial charge in [0.05, 0.1) is 4.90 Å². The van der Waals surface area contributed by atoms with Crippen LogP contribution < -0.4 is 5.32 Å². The largest absolute Gasteiger partial charge is 0.381 e. The Labute approximate surface area is 116 Å². The molecule has 0 heterocycles. The third-order valence-corrected chi connectivity index (χ3v) is 3.79. The minimum atomic E-state index is -4.18. The van der Waals surface area contributed by atoms with Crippen molar-refractivity contribution in [2.24, 2.45) is 0 Å². The average Bonchev–Trinajstić information content (AvgIpc) is 2.37. The summed E-state index contributed by atoms with van der Waals surface area (Å²) >= 11 is 6.02. The maximum absolute atomic E-state index is 11.0. The summed E-state index contributed by atoms with van der Waals surface area (Å²) in [5, 5.41) is 3.69. The van der Waals surface area contributed by atoms with Crippen LogP contribution >= 0.6 is 11.6 Å². The predicted octanol–water partition coefficient (Wildman–Crippen LogP) is 3.20. The van der Waals surface area contributed by atoms with Crippen molar-refractivity contribution in [1.82, 2.24) is 0 Å². The molecule has 2 aromatic carbocycles. The van der Waals surface area contributed by atoms with Crippen LogP contribution in [0.2, 0.25) is 5.02 Å². The molecule has 19 heavy (non-hydrogen) atoms. The van der Waals surface area contributed by atoms with E-state index in [2.05, 4.69) is 5.32 Å². The summed E-state index contributed by atoms with van der Waals surface area (Å²) in [7, 11) is -4.18. The summed E-state index contributed by atoms with van der Waals surface area (Å²) < 4.78 is 31.0. The molecule has 0 saturated carbocycles. The van der Waals surface area contributed by atoms with Gasteiger partial charge in [-0.3, -0.25) is 4.55 Å². The first-order chi connectivity index (χ1) is 8.97. The molecule has 0 bridgehead atoms. The molecule has 0 radical (unpaired) electrons. The molecule has 0 aromatic heterocycles. The van der Waals surface area contributed by atoms with E-state index in [4.69, 9.17) is 16.2 Å². The maximum atomic E-state index is 11.0. The van der Waals surface area contributed by atoms with Gasteiger partial charge in [-0.15, -0.1) is 0 Å². The monoisotopic (exact) mass is 297 g/mol. The summed E-state index contributed by atoms with van der Waals surface area (Å²) in [6.07, 6.45) is 0. The van der Waals surface area contributed by atoms with E-state index < -0.39 is 10.1 Å². The molecule has 0 aliphatic heterocycles. The lowest BCUT2D eigenvalue weighted by Gasteiger charge is -2.08. The van der Waals surface area contributed by atoms with Crippen molar-refractivity contribution in [2.45, 2.75) is 11.4 Å². The lowest BCUT2D eigenvalue weighted by Crippen LogP contribution is -2.02. The first kappa shape index (κ1) is 13.9. The Morgan fingerprint density at radius 3 is 2.53 bits per heavy atom. The first-order valence-electron chi connectivity index (χ1n) is 5.51. The summed E-state index contributed by atoms with van der Waals surface area (Å²) in [6, 6.07) is 13.3. The van der Waals surface area contributed by atoms with Crippen molar-refractivity contribution >= 4 is 27.4 Å². The predicted molar refractivity (Wildman–Crippen MR) is 75.0 cm³/mol. The number of hydrogen-bond acceptors (Lipinski definition) is 3. The van der Waals surface area contributed by atoms with Crippen molar-refractivity contribution in [2.75, 3.05) is 5.32 Å². The second-order valence-electron chi connectivity index (χ2n) is 3.95. The van der Waals surface area contributed by atoms with E-state index in [1.807, 2.05) is 18.2 Å². The van der Waals surface area contributed by atoms with Gasteiger partial charge in [-0.1, -0.05) is 35.9 Å². The van der Waals surface area contributed by atoms with Crippen LogP contribution in [0.3, 0.4) is 0 Å². The van der Waals surface area contributed by atoms with Gasteiger partial charge in [-0.2, -0.15) is 8.42 Å². The highest BCUT2D eigenvalue weighted by Crippen LogP contribution is 2.19. The van der Waals surface area contributed by atoms with Gasteiger partial charge in [0, 0.05) is 17.3 Å². The third-order valence-electron chi connectivity index (χ3n) is 2.57. The molecule has 0 fully saturated rings. The molecular formula is C13H12ClNO3S. The molecule has 0 atom stereocenters. The SMILES string of the molecule is O=S(=O)(O)c1cccc(NCc2ccccc2Cl)c1. The second-order valence-corrected chi connectivity index (χ2v) is 5.78. The Kier molecular flexibility index (Phi) is 4.09. The van der Waals surface area contributed by atoms with Crippen molar-refractivity contribution in [3.8, 4) is 0 Å². The Hall–Kier alpha value is -1.56. The molecule has 2 rings (SSSR count). The van der Waals surface area contributed by atoms with Gasteiger partial charge >= 0.3 is 0 Å². The lowest BCUT2D eigenvalue weighted by molar-refractivity contribution is 0.483. The van der Waals surface area contributed by atoms with Gasteiger partial charge in [0.25, 0.3) is 10.1 Å². The zero-order valence-electron chi connectivity index (χ0n) is 9.88. The highest BCUT2D eigenvalue weighted by Gasteiger charge is 2.09. The minimum absolute atomic E-state index is 0.142. The van der Waals surface area contributed by atoms with Crippen LogP contribution in [0.5, 0.6) is 0 Å². The second kappa shape index (κ2) is 5.61. The Bertz CT molecular complexity index is 686. The maximum Gasteiger partial charge on any atom is 0.294 e. The normalized spacial score (nSPS) is 11.3. The van der Waals surface area contributed by atoms with Crippen LogP contribution in [0, 0.1) is 0 Å². The molecular weight excluding hydrogens is 286 g/mol. The smallest absolute Gasteiger partial charge is 0.294 e. The van der Waals surface area contributed by atoms with Crippen LogP contribution in [0.15, 0.2) is 53.4 Å². The van der Waals surface area contributed by atoms with Gasteiger partial charge in [-0.05, 0) is 29.8 Å². The number of rotatable bonds is 4. The van der Waals surface area contributed by atoms with Crippen molar-refractivity contribution in [3.05, 3.63) is 59.1 Å². The Morgan fingerprint density at radius 1 is 1.11 bits per heavy atom. The van der Waals surface area contributed by atoms with Crippen LogP contribution in [-0.2, 0) is 16.7 Å². The number of halogens is 1. The molecule has 100 valence electrons. The van der Waals surface area contributed by atoms with E-state index in [1.54, 1.807) is 18.2 Å². The first-order valence-corrected chi connectivity index (χ1v) is 7.33. The molecule has 0 spiro atoms. The van der Waals surface area contributed by atoms with E-state index in [1.165, 1.54) is 12.1 Å². The molecule has 2 N–H and O–H groups in total. The highest BCUT2D eigenvalue weighted by atomic mass is 35.5. The van der Waals surface area contributed by atoms with Gasteiger partial charge in [0.15, 0.2) is 0 Å². The summed E-state index contributed by atoms with van der Waals surface area (Å²) in [6.45, 7) is 0.467. The Balaban J connectivity index is 2.15. The van der Waals surface area contributed by atoms with Gasteiger partial charge in [0.2, 0.25) is 0 Å². The van der Waals surface area contributed by atoms with Crippen LogP contribution in [0.1, 0.15) is 5.56 Å². The third kappa shape index (κ3) is 3.70. The lowest BCUT2D eigenvalue weighted by atomic mass is 10.2. The fourth-order valence-electron chi connectivity index (χ4n) is 1.61. The topological polar surface area (TPSA) is 66.4 Å². The molecule has 0 saturated heterocycles. The standard InChI is InChI=1S/C13H12ClNO3S/c14-13-7-2-1-4-10(13)9-15-11-5-3-6-12(8-11)19(16,17)18/h1-8,15H,9H2,(H,16,17,18). The zero-order chi connectivity index (χ0) is 13.9. The number of benzene rings is 2. The fourth-order valence-corrected chi connectivity index (χ4v) is 2.33. The van der Waals surface area contributed by atoms with E-state index in [-0.39, 0.29) is 4.90 Å². The van der Waals surface area contributed by atoms with Crippen molar-refractivity contribution in [3.63, 3.8) is 0 Å². The fraction of sp³-hybridized carbons (Fsp3) is 0.0769. The van der Waals surface area contributed by atoms with E-state index in [0.29, 0.717) is 17.3 Å². The molecule has 6 heteroatoms. The van der Waals surface area contributed by atoms with Crippen LogP contribution in [-0.4, -0.2) is 13.0 Å². The molecule has 4 nitrogen and oxygen atoms in total. The molecule has 0 unspecified atom stereocenters. The molecule has 2 aromatic rings. The van der Waals surface area contributed by atoms with E-state index in [9.17, 15) is 8.42 Å². The van der Waals surface area contributed by atoms with Crippen molar-refractivity contribution in [1.29, 1.82) is 0 Å². The highest BCUT2D eigenvalue weighted by molar-refractivity contribution is 7.85. The average molecular weight is 298 g/mol. The quantitative estimate of drug-likeness (QED) is 0.851. The number of anilines is 1. The van der Waals surface area contributed by atoms with Gasteiger partial charge in [-0.25, -0.2) is 0 Å². The summed E-state index contributed by atoms with van der Waals surface area (Å²) in [5.41, 5.74) is 1.50. The molecule has 0 aliphatic rings. The van der Waals surface area contributed by atoms with Crippen LogP contribution in [0.25, 0.3) is 0 Å². The Morgan fingerprint density at radius 2 is 1.84 bits per heavy atom. The van der Waals surface area contributed by atoms with Crippen LogP contribution in [0.4, 0.5) is 5.69 Å². The summed E-state index contributed by atoms with van der Waals surface area (Å²) in [4.78, 5) is -0.142. The van der Waals surface area contributed by atoms with Gasteiger partial charge < -0.3 is 5.32 Å². The number of hydrogen-bond donors (Lipinski definition) is 2. The molecule has 0 aliphatic carbocycles. The van der Waals surface area contributed by atoms with Crippen molar-refractivity contribution < 1.29 is 13.0 Å². The van der Waals surface area contributed by atoms with E-state index >= 15 is 0 Å². The van der Waals surface area contributed by atoms with Gasteiger partial charge in [0.1, 0.15) is 0 Å². The molecule has 0 amide bonds.